The fraction of sp³-hybridized carbons (Fsp3) is 0.857. The first-order valence-corrected chi connectivity index (χ1v) is 13.6. The highest BCUT2D eigenvalue weighted by atomic mass is 79.9. The number of hydrogen-bond acceptors (Lipinski definition) is 3. The molecule has 0 aliphatic heterocycles. The quantitative estimate of drug-likeness (QED) is 0.329. The van der Waals surface area contributed by atoms with Gasteiger partial charge in [-0.05, 0) is 52.2 Å². The van der Waals surface area contributed by atoms with Crippen LogP contribution in [0.25, 0.3) is 0 Å². The molecule has 0 aliphatic rings. The van der Waals surface area contributed by atoms with Gasteiger partial charge in [-0.2, -0.15) is 0 Å². The zero-order valence-corrected chi connectivity index (χ0v) is 18.4. The zero-order chi connectivity index (χ0) is 16.6. The Morgan fingerprint density at radius 2 is 1.10 bits per heavy atom. The van der Waals surface area contributed by atoms with Gasteiger partial charge in [0.2, 0.25) is 16.6 Å². The van der Waals surface area contributed by atoms with Gasteiger partial charge in [-0.25, -0.2) is 0 Å². The molecule has 0 N–H and O–H groups in total. The van der Waals surface area contributed by atoms with Gasteiger partial charge in [0.25, 0.3) is 0 Å². The molecule has 0 rings (SSSR count). The Morgan fingerprint density at radius 3 is 1.25 bits per heavy atom. The molecule has 0 saturated heterocycles. The van der Waals surface area contributed by atoms with Crippen LogP contribution in [-0.2, 0) is 9.05 Å². The van der Waals surface area contributed by atoms with Gasteiger partial charge in [0.05, 0.1) is 0 Å². The minimum atomic E-state index is -1.96. The Bertz CT molecular complexity index is 329. The van der Waals surface area contributed by atoms with Crippen molar-refractivity contribution in [3.8, 4) is 0 Å². The van der Waals surface area contributed by atoms with Crippen LogP contribution < -0.4 is 0 Å². The summed E-state index contributed by atoms with van der Waals surface area (Å²) in [4.78, 5) is 0. The van der Waals surface area contributed by atoms with Gasteiger partial charge in [-0.1, -0.05) is 48.1 Å². The van der Waals surface area contributed by atoms with E-state index in [9.17, 15) is 0 Å². The van der Waals surface area contributed by atoms with E-state index in [2.05, 4.69) is 90.2 Å². The standard InChI is InChI=1S/C14H32BrNO2Si2/c1-12(15)16(17-19(8,9)13(2,3)4)18-20(10,11)14(5,6)7/h1H2,2-11H3. The summed E-state index contributed by atoms with van der Waals surface area (Å²) in [6.07, 6.45) is 0. The van der Waals surface area contributed by atoms with E-state index < -0.39 is 16.6 Å². The monoisotopic (exact) mass is 381 g/mol. The van der Waals surface area contributed by atoms with Crippen LogP contribution in [0, 0.1) is 0 Å². The molecule has 0 aliphatic carbocycles. The molecule has 0 spiro atoms. The molecule has 0 heterocycles. The van der Waals surface area contributed by atoms with Crippen LogP contribution in [0.4, 0.5) is 0 Å². The maximum absolute atomic E-state index is 6.23. The highest BCUT2D eigenvalue weighted by Gasteiger charge is 2.44. The smallest absolute Gasteiger partial charge is 0.232 e. The summed E-state index contributed by atoms with van der Waals surface area (Å²) in [5.74, 6) is 0. The predicted octanol–water partition coefficient (Wildman–Crippen LogP) is 6.03. The minimum Gasteiger partial charge on any atom is -0.297 e. The lowest BCUT2D eigenvalue weighted by atomic mass is 10.2. The van der Waals surface area contributed by atoms with E-state index in [1.807, 2.05) is 0 Å². The zero-order valence-electron chi connectivity index (χ0n) is 14.8. The van der Waals surface area contributed by atoms with E-state index in [4.69, 9.17) is 9.05 Å². The summed E-state index contributed by atoms with van der Waals surface area (Å²) in [6, 6.07) is 0. The van der Waals surface area contributed by atoms with Gasteiger partial charge >= 0.3 is 0 Å². The second-order valence-corrected chi connectivity index (χ2v) is 18.7. The molecule has 3 nitrogen and oxygen atoms in total. The van der Waals surface area contributed by atoms with Crippen molar-refractivity contribution in [3.63, 3.8) is 0 Å². The number of nitrogens with zero attached hydrogens (tertiary/aromatic N) is 1. The van der Waals surface area contributed by atoms with E-state index in [0.29, 0.717) is 4.61 Å². The Morgan fingerprint density at radius 1 is 0.850 bits per heavy atom. The number of hydrogen-bond donors (Lipinski definition) is 0. The fourth-order valence-corrected chi connectivity index (χ4v) is 2.96. The molecule has 0 aromatic carbocycles. The molecular weight excluding hydrogens is 350 g/mol. The Kier molecular flexibility index (Phi) is 6.36. The van der Waals surface area contributed by atoms with Crippen molar-refractivity contribution in [1.29, 1.82) is 0 Å². The van der Waals surface area contributed by atoms with Gasteiger partial charge in [0.15, 0.2) is 0 Å². The summed E-state index contributed by atoms with van der Waals surface area (Å²) in [5.41, 5.74) is 0. The number of rotatable bonds is 5. The van der Waals surface area contributed by atoms with E-state index in [-0.39, 0.29) is 10.1 Å². The van der Waals surface area contributed by atoms with Crippen molar-refractivity contribution in [2.24, 2.45) is 0 Å². The largest absolute Gasteiger partial charge is 0.297 e. The average Bonchev–Trinajstić information content (AvgIpc) is 2.11. The van der Waals surface area contributed by atoms with E-state index >= 15 is 0 Å². The van der Waals surface area contributed by atoms with Crippen LogP contribution in [0.1, 0.15) is 41.5 Å². The van der Waals surface area contributed by atoms with Crippen LogP contribution in [-0.4, -0.2) is 21.9 Å². The molecule has 0 aromatic rings. The normalized spacial score (nSPS) is 14.3. The lowest BCUT2D eigenvalue weighted by Gasteiger charge is -2.44. The molecule has 0 amide bonds. The lowest BCUT2D eigenvalue weighted by Crippen LogP contribution is -2.51. The molecule has 6 heteroatoms. The van der Waals surface area contributed by atoms with Gasteiger partial charge < -0.3 is 0 Å². The van der Waals surface area contributed by atoms with E-state index in [0.717, 1.165) is 0 Å². The Balaban J connectivity index is 5.18. The molecule has 120 valence electrons. The average molecular weight is 382 g/mol. The summed E-state index contributed by atoms with van der Waals surface area (Å²) in [6.45, 7) is 26.0. The van der Waals surface area contributed by atoms with E-state index in [1.54, 1.807) is 0 Å². The van der Waals surface area contributed by atoms with Crippen LogP contribution in [0.3, 0.4) is 0 Å². The lowest BCUT2D eigenvalue weighted by molar-refractivity contribution is -0.239. The maximum atomic E-state index is 6.23. The summed E-state index contributed by atoms with van der Waals surface area (Å²) < 4.78 is 13.1. The molecule has 0 atom stereocenters. The third-order valence-corrected chi connectivity index (χ3v) is 13.2. The predicted molar refractivity (Wildman–Crippen MR) is 96.5 cm³/mol. The van der Waals surface area contributed by atoms with Crippen molar-refractivity contribution >= 4 is 32.6 Å². The highest BCUT2D eigenvalue weighted by molar-refractivity contribution is 9.11. The first-order valence-electron chi connectivity index (χ1n) is 7.04. The van der Waals surface area contributed by atoms with Crippen LogP contribution >= 0.6 is 15.9 Å². The van der Waals surface area contributed by atoms with Gasteiger partial charge in [-0.15, -0.1) is 5.23 Å². The Hall–Kier alpha value is 0.374. The van der Waals surface area contributed by atoms with Crippen molar-refractivity contribution in [2.45, 2.75) is 77.8 Å². The topological polar surface area (TPSA) is 21.7 Å². The highest BCUT2D eigenvalue weighted by Crippen LogP contribution is 2.41. The van der Waals surface area contributed by atoms with Gasteiger partial charge in [0.1, 0.15) is 4.61 Å². The second kappa shape index (κ2) is 6.24. The second-order valence-electron chi connectivity index (χ2n) is 8.34. The summed E-state index contributed by atoms with van der Waals surface area (Å²) >= 11 is 3.41. The number of hydroxylamine groups is 2. The molecular formula is C14H32BrNO2Si2. The SMILES string of the molecule is C=C(Br)N(O[Si](C)(C)C(C)(C)C)O[Si](C)(C)C(C)(C)C. The molecule has 0 bridgehead atoms. The third-order valence-electron chi connectivity index (χ3n) is 4.43. The van der Waals surface area contributed by atoms with Crippen LogP contribution in [0.5, 0.6) is 0 Å². The first kappa shape index (κ1) is 20.4. The van der Waals surface area contributed by atoms with Crippen molar-refractivity contribution in [3.05, 3.63) is 11.2 Å². The third kappa shape index (κ3) is 5.29. The fourth-order valence-electron chi connectivity index (χ4n) is 0.806. The van der Waals surface area contributed by atoms with Gasteiger partial charge in [0, 0.05) is 0 Å². The molecule has 20 heavy (non-hydrogen) atoms. The molecule has 0 saturated carbocycles. The van der Waals surface area contributed by atoms with Crippen LogP contribution in [0.2, 0.25) is 36.3 Å². The van der Waals surface area contributed by atoms with Crippen LogP contribution in [0.15, 0.2) is 11.2 Å². The first-order chi connectivity index (χ1) is 8.51. The molecule has 0 radical (unpaired) electrons. The minimum absolute atomic E-state index is 0.116. The molecule has 0 aromatic heterocycles. The van der Waals surface area contributed by atoms with Gasteiger partial charge in [-0.3, -0.25) is 9.05 Å². The maximum Gasteiger partial charge on any atom is 0.232 e. The molecule has 0 unspecified atom stereocenters. The molecule has 0 fully saturated rings. The summed E-state index contributed by atoms with van der Waals surface area (Å²) in [7, 11) is -3.91. The summed E-state index contributed by atoms with van der Waals surface area (Å²) in [5, 5.41) is 1.75. The van der Waals surface area contributed by atoms with Crippen molar-refractivity contribution < 1.29 is 9.05 Å². The number of halogens is 1. The van der Waals surface area contributed by atoms with Crippen molar-refractivity contribution in [2.75, 3.05) is 0 Å². The van der Waals surface area contributed by atoms with Crippen molar-refractivity contribution in [1.82, 2.24) is 5.23 Å². The van der Waals surface area contributed by atoms with E-state index in [1.165, 1.54) is 5.23 Å². The Labute approximate surface area is 136 Å².